The van der Waals surface area contributed by atoms with Gasteiger partial charge in [-0.05, 0) is 19.4 Å². The molecule has 0 radical (unpaired) electrons. The van der Waals surface area contributed by atoms with Gasteiger partial charge in [0.25, 0.3) is 11.6 Å². The zero-order chi connectivity index (χ0) is 10.6. The van der Waals surface area contributed by atoms with Crippen molar-refractivity contribution < 1.29 is 4.74 Å². The fourth-order valence-corrected chi connectivity index (χ4v) is 2.84. The van der Waals surface area contributed by atoms with Crippen molar-refractivity contribution in [2.75, 3.05) is 6.61 Å². The Kier molecular flexibility index (Phi) is 1.68. The summed E-state index contributed by atoms with van der Waals surface area (Å²) < 4.78 is 7.67. The Labute approximate surface area is 90.1 Å². The van der Waals surface area contributed by atoms with Crippen LogP contribution >= 0.6 is 11.3 Å². The van der Waals surface area contributed by atoms with E-state index < -0.39 is 0 Å². The second-order valence-corrected chi connectivity index (χ2v) is 4.89. The van der Waals surface area contributed by atoms with Crippen LogP contribution in [0.5, 0.6) is 6.01 Å². The molecule has 4 nitrogen and oxygen atoms in total. The van der Waals surface area contributed by atoms with Gasteiger partial charge in [-0.15, -0.1) is 11.3 Å². The van der Waals surface area contributed by atoms with Crippen LogP contribution in [0.1, 0.15) is 10.4 Å². The zero-order valence-electron chi connectivity index (χ0n) is 8.53. The molecule has 0 saturated heterocycles. The predicted octanol–water partition coefficient (Wildman–Crippen LogP) is 1.47. The highest BCUT2D eigenvalue weighted by molar-refractivity contribution is 7.19. The summed E-state index contributed by atoms with van der Waals surface area (Å²) in [4.78, 5) is 17.6. The van der Waals surface area contributed by atoms with E-state index >= 15 is 0 Å². The molecule has 3 heterocycles. The molecule has 5 heteroatoms. The molecular weight excluding hydrogens is 212 g/mol. The molecule has 0 aromatic carbocycles. The first-order valence-electron chi connectivity index (χ1n) is 4.82. The third kappa shape index (κ3) is 1.07. The van der Waals surface area contributed by atoms with Crippen molar-refractivity contribution in [3.63, 3.8) is 0 Å². The Morgan fingerprint density at radius 1 is 1.47 bits per heavy atom. The minimum absolute atomic E-state index is 0.0358. The summed E-state index contributed by atoms with van der Waals surface area (Å²) in [6, 6.07) is 0.466. The highest BCUT2D eigenvalue weighted by atomic mass is 32.1. The lowest BCUT2D eigenvalue weighted by Gasteiger charge is -1.99. The van der Waals surface area contributed by atoms with Crippen molar-refractivity contribution in [3.8, 4) is 6.01 Å². The summed E-state index contributed by atoms with van der Waals surface area (Å²) in [7, 11) is 0. The summed E-state index contributed by atoms with van der Waals surface area (Å²) in [6.07, 6.45) is 0. The third-order valence-corrected chi connectivity index (χ3v) is 3.96. The van der Waals surface area contributed by atoms with E-state index in [4.69, 9.17) is 4.74 Å². The molecular formula is C10H10N2O2S. The monoisotopic (exact) mass is 222 g/mol. The van der Waals surface area contributed by atoms with E-state index in [-0.39, 0.29) is 5.56 Å². The number of hydrogen-bond acceptors (Lipinski definition) is 4. The van der Waals surface area contributed by atoms with Gasteiger partial charge in [-0.2, -0.15) is 4.98 Å². The molecule has 0 N–H and O–H groups in total. The van der Waals surface area contributed by atoms with Gasteiger partial charge in [0.2, 0.25) is 0 Å². The SMILES string of the molecule is Cc1sc2c(=O)n3c(nc2c1C)OCC3. The molecule has 78 valence electrons. The van der Waals surface area contributed by atoms with E-state index in [1.54, 1.807) is 4.57 Å². The maximum atomic E-state index is 12.0. The molecule has 15 heavy (non-hydrogen) atoms. The summed E-state index contributed by atoms with van der Waals surface area (Å²) in [5.41, 5.74) is 1.93. The van der Waals surface area contributed by atoms with Gasteiger partial charge in [-0.25, -0.2) is 0 Å². The number of fused-ring (bicyclic) bond motifs is 2. The molecule has 2 aromatic heterocycles. The number of nitrogens with zero attached hydrogens (tertiary/aromatic N) is 2. The first-order valence-corrected chi connectivity index (χ1v) is 5.63. The maximum absolute atomic E-state index is 12.0. The van der Waals surface area contributed by atoms with Gasteiger partial charge in [-0.3, -0.25) is 9.36 Å². The molecule has 0 bridgehead atoms. The topological polar surface area (TPSA) is 44.1 Å². The van der Waals surface area contributed by atoms with E-state index in [2.05, 4.69) is 4.98 Å². The Bertz CT molecular complexity index is 612. The van der Waals surface area contributed by atoms with E-state index in [1.165, 1.54) is 11.3 Å². The molecule has 0 fully saturated rings. The number of aromatic nitrogens is 2. The quantitative estimate of drug-likeness (QED) is 0.678. The summed E-state index contributed by atoms with van der Waals surface area (Å²) >= 11 is 1.52. The third-order valence-electron chi connectivity index (χ3n) is 2.78. The molecule has 0 saturated carbocycles. The van der Waals surface area contributed by atoms with E-state index in [0.29, 0.717) is 19.2 Å². The van der Waals surface area contributed by atoms with Crippen LogP contribution in [0.3, 0.4) is 0 Å². The normalized spacial score (nSPS) is 14.3. The fourth-order valence-electron chi connectivity index (χ4n) is 1.80. The molecule has 0 amide bonds. The van der Waals surface area contributed by atoms with Crippen molar-refractivity contribution in [1.29, 1.82) is 0 Å². The Hall–Kier alpha value is -1.36. The van der Waals surface area contributed by atoms with Crippen LogP contribution < -0.4 is 10.3 Å². The standard InChI is InChI=1S/C10H10N2O2S/c1-5-6(2)15-8-7(5)11-10-12(9(8)13)3-4-14-10/h3-4H2,1-2H3. The minimum Gasteiger partial charge on any atom is -0.463 e. The number of thiophene rings is 1. The van der Waals surface area contributed by atoms with Crippen LogP contribution in [-0.2, 0) is 6.54 Å². The average molecular weight is 222 g/mol. The van der Waals surface area contributed by atoms with Crippen LogP contribution in [0, 0.1) is 13.8 Å². The van der Waals surface area contributed by atoms with Crippen LogP contribution in [0.4, 0.5) is 0 Å². The first-order chi connectivity index (χ1) is 7.18. The van der Waals surface area contributed by atoms with Crippen molar-refractivity contribution in [2.45, 2.75) is 20.4 Å². The lowest BCUT2D eigenvalue weighted by molar-refractivity contribution is 0.345. The van der Waals surface area contributed by atoms with Gasteiger partial charge in [0, 0.05) is 4.88 Å². The van der Waals surface area contributed by atoms with Crippen LogP contribution in [0.2, 0.25) is 0 Å². The van der Waals surface area contributed by atoms with E-state index in [0.717, 1.165) is 20.7 Å². The number of rotatable bonds is 0. The lowest BCUT2D eigenvalue weighted by Crippen LogP contribution is -2.17. The smallest absolute Gasteiger partial charge is 0.299 e. The molecule has 0 atom stereocenters. The van der Waals surface area contributed by atoms with Gasteiger partial charge >= 0.3 is 0 Å². The number of hydrogen-bond donors (Lipinski definition) is 0. The van der Waals surface area contributed by atoms with Gasteiger partial charge in [0.05, 0.1) is 12.1 Å². The summed E-state index contributed by atoms with van der Waals surface area (Å²) in [5.74, 6) is 0. The van der Waals surface area contributed by atoms with Gasteiger partial charge in [0.1, 0.15) is 11.3 Å². The van der Waals surface area contributed by atoms with Gasteiger partial charge in [-0.1, -0.05) is 0 Å². The lowest BCUT2D eigenvalue weighted by atomic mass is 10.2. The first kappa shape index (κ1) is 8.91. The van der Waals surface area contributed by atoms with Crippen LogP contribution in [0.25, 0.3) is 10.2 Å². The second kappa shape index (κ2) is 2.82. The van der Waals surface area contributed by atoms with E-state index in [9.17, 15) is 4.79 Å². The highest BCUT2D eigenvalue weighted by Gasteiger charge is 2.20. The molecule has 0 unspecified atom stereocenters. The van der Waals surface area contributed by atoms with Crippen molar-refractivity contribution in [2.24, 2.45) is 0 Å². The van der Waals surface area contributed by atoms with Gasteiger partial charge < -0.3 is 4.74 Å². The largest absolute Gasteiger partial charge is 0.463 e. The van der Waals surface area contributed by atoms with Crippen LogP contribution in [-0.4, -0.2) is 16.2 Å². The zero-order valence-corrected chi connectivity index (χ0v) is 9.35. The van der Waals surface area contributed by atoms with Crippen molar-refractivity contribution >= 4 is 21.6 Å². The Balaban J connectivity index is 2.51. The molecule has 1 aliphatic rings. The number of aryl methyl sites for hydroxylation is 2. The van der Waals surface area contributed by atoms with Crippen LogP contribution in [0.15, 0.2) is 4.79 Å². The summed E-state index contributed by atoms with van der Waals surface area (Å²) in [6.45, 7) is 5.18. The fraction of sp³-hybridized carbons (Fsp3) is 0.400. The number of ether oxygens (including phenoxy) is 1. The molecule has 0 spiro atoms. The highest BCUT2D eigenvalue weighted by Crippen LogP contribution is 2.28. The van der Waals surface area contributed by atoms with Crippen molar-refractivity contribution in [1.82, 2.24) is 9.55 Å². The van der Waals surface area contributed by atoms with Crippen molar-refractivity contribution in [3.05, 3.63) is 20.8 Å². The van der Waals surface area contributed by atoms with Gasteiger partial charge in [0.15, 0.2) is 0 Å². The maximum Gasteiger partial charge on any atom is 0.299 e. The Morgan fingerprint density at radius 3 is 3.07 bits per heavy atom. The minimum atomic E-state index is 0.0358. The Morgan fingerprint density at radius 2 is 2.27 bits per heavy atom. The molecule has 1 aliphatic heterocycles. The summed E-state index contributed by atoms with van der Waals surface area (Å²) in [5, 5.41) is 0. The molecule has 0 aliphatic carbocycles. The molecule has 2 aromatic rings. The second-order valence-electron chi connectivity index (χ2n) is 3.66. The molecule has 3 rings (SSSR count). The predicted molar refractivity (Wildman–Crippen MR) is 58.8 cm³/mol. The van der Waals surface area contributed by atoms with E-state index in [1.807, 2.05) is 13.8 Å². The average Bonchev–Trinajstić information content (AvgIpc) is 2.77.